The Bertz CT molecular complexity index is 396. The first-order valence-corrected chi connectivity index (χ1v) is 3.39. The van der Waals surface area contributed by atoms with E-state index in [0.717, 1.165) is 5.39 Å². The Morgan fingerprint density at radius 1 is 1.33 bits per heavy atom. The zero-order valence-corrected chi connectivity index (χ0v) is 6.10. The van der Waals surface area contributed by atoms with Crippen LogP contribution in [0.2, 0.25) is 0 Å². The molecule has 1 aromatic heterocycles. The first-order chi connectivity index (χ1) is 5.79. The highest BCUT2D eigenvalue weighted by Crippen LogP contribution is 2.21. The fraction of sp³-hybridized carbons (Fsp3) is 0. The lowest BCUT2D eigenvalue weighted by atomic mass is 10.2. The summed E-state index contributed by atoms with van der Waals surface area (Å²) < 4.78 is 0. The van der Waals surface area contributed by atoms with Crippen molar-refractivity contribution < 1.29 is 10.4 Å². The van der Waals surface area contributed by atoms with E-state index in [-0.39, 0.29) is 10.9 Å². The maximum Gasteiger partial charge on any atom is 0.120 e. The van der Waals surface area contributed by atoms with Crippen LogP contribution in [0.1, 0.15) is 0 Å². The van der Waals surface area contributed by atoms with Crippen molar-refractivity contribution in [2.75, 3.05) is 5.23 Å². The van der Waals surface area contributed by atoms with Crippen molar-refractivity contribution in [2.45, 2.75) is 0 Å². The molecule has 1 heterocycles. The predicted octanol–water partition coefficient (Wildman–Crippen LogP) is 1.15. The van der Waals surface area contributed by atoms with E-state index >= 15 is 0 Å². The number of hydrogen-bond acceptors (Lipinski definition) is 4. The van der Waals surface area contributed by atoms with Crippen LogP contribution in [0.4, 0.5) is 5.69 Å². The summed E-state index contributed by atoms with van der Waals surface area (Å²) >= 11 is 0. The van der Waals surface area contributed by atoms with Gasteiger partial charge in [0, 0.05) is 5.39 Å². The Kier molecular flexibility index (Phi) is 1.46. The average molecular weight is 165 g/mol. The van der Waals surface area contributed by atoms with Gasteiger partial charge in [0.1, 0.15) is 5.69 Å². The lowest BCUT2D eigenvalue weighted by Crippen LogP contribution is -2.11. The predicted molar refractivity (Wildman–Crippen MR) is 42.1 cm³/mol. The molecule has 0 unspecified atom stereocenters. The third-order valence-corrected chi connectivity index (χ3v) is 1.67. The second-order valence-electron chi connectivity index (χ2n) is 2.40. The Labute approximate surface area is 67.8 Å². The number of para-hydroxylation sites is 1. The molecule has 12 heavy (non-hydrogen) atoms. The summed E-state index contributed by atoms with van der Waals surface area (Å²) in [5.74, 6) is 0. The number of nitrogens with one attached hydrogen (secondary N) is 1. The number of anilines is 1. The fourth-order valence-corrected chi connectivity index (χ4v) is 1.12. The van der Waals surface area contributed by atoms with Crippen molar-refractivity contribution in [3.05, 3.63) is 24.4 Å². The Hall–Kier alpha value is -1.59. The molecule has 0 aliphatic heterocycles. The smallest absolute Gasteiger partial charge is 0.120 e. The summed E-state index contributed by atoms with van der Waals surface area (Å²) in [6, 6.07) is 5.11. The number of aromatic amines is 1. The molecule has 0 aliphatic rings. The number of H-pyrrole nitrogens is 1. The number of benzene rings is 1. The first-order valence-electron chi connectivity index (χ1n) is 3.39. The van der Waals surface area contributed by atoms with E-state index in [9.17, 15) is 0 Å². The average Bonchev–Trinajstić information content (AvgIpc) is 2.49. The Balaban J connectivity index is 2.73. The largest absolute Gasteiger partial charge is 0.276 e. The molecule has 0 atom stereocenters. The van der Waals surface area contributed by atoms with Crippen LogP contribution in [0.5, 0.6) is 0 Å². The SMILES string of the molecule is ON(O)c1cccc2cn[nH]c12. The Morgan fingerprint density at radius 3 is 2.92 bits per heavy atom. The van der Waals surface area contributed by atoms with Gasteiger partial charge in [0.05, 0.1) is 11.7 Å². The van der Waals surface area contributed by atoms with Crippen LogP contribution in [-0.2, 0) is 0 Å². The van der Waals surface area contributed by atoms with Crippen molar-refractivity contribution in [2.24, 2.45) is 0 Å². The van der Waals surface area contributed by atoms with Gasteiger partial charge < -0.3 is 0 Å². The van der Waals surface area contributed by atoms with Gasteiger partial charge in [-0.3, -0.25) is 15.5 Å². The van der Waals surface area contributed by atoms with Gasteiger partial charge in [-0.15, -0.1) is 5.23 Å². The monoisotopic (exact) mass is 165 g/mol. The number of nitrogens with zero attached hydrogens (tertiary/aromatic N) is 2. The van der Waals surface area contributed by atoms with Crippen LogP contribution in [0.3, 0.4) is 0 Å². The van der Waals surface area contributed by atoms with Crippen LogP contribution in [0.15, 0.2) is 24.4 Å². The molecule has 0 saturated heterocycles. The second kappa shape index (κ2) is 2.47. The summed E-state index contributed by atoms with van der Waals surface area (Å²) in [6.07, 6.45) is 1.61. The molecule has 0 bridgehead atoms. The minimum absolute atomic E-state index is 0.0700. The molecule has 0 spiro atoms. The number of rotatable bonds is 1. The van der Waals surface area contributed by atoms with Crippen molar-refractivity contribution in [3.8, 4) is 0 Å². The van der Waals surface area contributed by atoms with Gasteiger partial charge >= 0.3 is 0 Å². The molecule has 5 heteroatoms. The van der Waals surface area contributed by atoms with Gasteiger partial charge in [-0.05, 0) is 6.07 Å². The zero-order valence-electron chi connectivity index (χ0n) is 6.10. The van der Waals surface area contributed by atoms with Gasteiger partial charge in [-0.2, -0.15) is 5.10 Å². The molecule has 2 aromatic rings. The highest BCUT2D eigenvalue weighted by Gasteiger charge is 2.05. The maximum atomic E-state index is 8.78. The molecular formula is C7H7N3O2. The fourth-order valence-electron chi connectivity index (χ4n) is 1.12. The molecule has 1 aromatic carbocycles. The van der Waals surface area contributed by atoms with Gasteiger partial charge in [-0.25, -0.2) is 0 Å². The van der Waals surface area contributed by atoms with Gasteiger partial charge in [-0.1, -0.05) is 12.1 Å². The van der Waals surface area contributed by atoms with Crippen LogP contribution in [0, 0.1) is 0 Å². The lowest BCUT2D eigenvalue weighted by molar-refractivity contribution is 0.0299. The van der Waals surface area contributed by atoms with E-state index in [1.807, 2.05) is 6.07 Å². The summed E-state index contributed by atoms with van der Waals surface area (Å²) in [6.45, 7) is 0. The molecule has 5 nitrogen and oxygen atoms in total. The highest BCUT2D eigenvalue weighted by atomic mass is 16.8. The molecule has 0 amide bonds. The van der Waals surface area contributed by atoms with E-state index < -0.39 is 0 Å². The van der Waals surface area contributed by atoms with Gasteiger partial charge in [0.2, 0.25) is 0 Å². The summed E-state index contributed by atoms with van der Waals surface area (Å²) in [7, 11) is 0. The number of fused-ring (bicyclic) bond motifs is 1. The third kappa shape index (κ3) is 0.919. The Morgan fingerprint density at radius 2 is 2.17 bits per heavy atom. The van der Waals surface area contributed by atoms with Crippen molar-refractivity contribution in [3.63, 3.8) is 0 Å². The standard InChI is InChI=1S/C7H7N3O2/c11-10(12)6-3-1-2-5-4-8-9-7(5)6/h1-4,11-12H,(H,8,9). The van der Waals surface area contributed by atoms with Crippen LogP contribution >= 0.6 is 0 Å². The molecule has 0 fully saturated rings. The van der Waals surface area contributed by atoms with Crippen molar-refractivity contribution in [1.29, 1.82) is 0 Å². The van der Waals surface area contributed by atoms with E-state index in [2.05, 4.69) is 10.2 Å². The second-order valence-corrected chi connectivity index (χ2v) is 2.40. The van der Waals surface area contributed by atoms with Crippen LogP contribution in [-0.4, -0.2) is 20.6 Å². The molecule has 0 saturated carbocycles. The number of hydrogen-bond donors (Lipinski definition) is 3. The van der Waals surface area contributed by atoms with Crippen LogP contribution in [0.25, 0.3) is 10.9 Å². The van der Waals surface area contributed by atoms with Gasteiger partial charge in [0.15, 0.2) is 0 Å². The van der Waals surface area contributed by atoms with E-state index in [1.165, 1.54) is 0 Å². The first kappa shape index (κ1) is 7.08. The van der Waals surface area contributed by atoms with E-state index in [4.69, 9.17) is 10.4 Å². The number of aromatic nitrogens is 2. The normalized spacial score (nSPS) is 10.5. The van der Waals surface area contributed by atoms with Crippen LogP contribution < -0.4 is 5.23 Å². The summed E-state index contributed by atoms with van der Waals surface area (Å²) in [4.78, 5) is 0. The third-order valence-electron chi connectivity index (χ3n) is 1.67. The van der Waals surface area contributed by atoms with Crippen molar-refractivity contribution >= 4 is 16.6 Å². The molecule has 0 radical (unpaired) electrons. The summed E-state index contributed by atoms with van der Waals surface area (Å²) in [5.41, 5.74) is 0.882. The quantitative estimate of drug-likeness (QED) is 0.554. The minimum Gasteiger partial charge on any atom is -0.276 e. The maximum absolute atomic E-state index is 8.78. The highest BCUT2D eigenvalue weighted by molar-refractivity contribution is 5.89. The van der Waals surface area contributed by atoms with E-state index in [1.54, 1.807) is 18.3 Å². The molecule has 0 aliphatic carbocycles. The van der Waals surface area contributed by atoms with E-state index in [0.29, 0.717) is 5.52 Å². The summed E-state index contributed by atoms with van der Waals surface area (Å²) in [5, 5.41) is 24.9. The molecule has 3 N–H and O–H groups in total. The topological polar surface area (TPSA) is 72.4 Å². The molecule has 62 valence electrons. The zero-order chi connectivity index (χ0) is 8.55. The minimum atomic E-state index is 0.0700. The van der Waals surface area contributed by atoms with Gasteiger partial charge in [0.25, 0.3) is 0 Å². The lowest BCUT2D eigenvalue weighted by Gasteiger charge is -2.07. The van der Waals surface area contributed by atoms with Crippen molar-refractivity contribution in [1.82, 2.24) is 10.2 Å². The molecular weight excluding hydrogens is 158 g/mol. The molecule has 2 rings (SSSR count).